The molecule has 6 heteroatoms. The fourth-order valence-corrected chi connectivity index (χ4v) is 3.26. The number of benzene rings is 1. The second kappa shape index (κ2) is 10.1. The second-order valence-electron chi connectivity index (χ2n) is 6.64. The fraction of sp³-hybridized carbons (Fsp3) is 0.667. The van der Waals surface area contributed by atoms with Gasteiger partial charge in [-0.15, -0.1) is 0 Å². The lowest BCUT2D eigenvalue weighted by molar-refractivity contribution is 0.00595. The van der Waals surface area contributed by atoms with Crippen LogP contribution in [0.2, 0.25) is 0 Å². The third-order valence-electron chi connectivity index (χ3n) is 5.01. The number of hydrogen-bond acceptors (Lipinski definition) is 5. The van der Waals surface area contributed by atoms with E-state index in [9.17, 15) is 0 Å². The van der Waals surface area contributed by atoms with Crippen LogP contribution in [0.15, 0.2) is 24.3 Å². The monoisotopic (exact) mass is 339 g/mol. The zero-order chi connectivity index (χ0) is 15.4. The van der Waals surface area contributed by atoms with E-state index < -0.39 is 0 Å². The molecule has 2 unspecified atom stereocenters. The Kier molecular flexibility index (Phi) is 8.83. The number of morpholine rings is 2. The van der Waals surface area contributed by atoms with E-state index in [0.717, 1.165) is 52.4 Å². The Morgan fingerprint density at radius 1 is 0.833 bits per heavy atom. The molecule has 2 atom stereocenters. The van der Waals surface area contributed by atoms with Crippen LogP contribution in [-0.2, 0) is 22.3 Å². The Balaban J connectivity index is 0.00000144. The Morgan fingerprint density at radius 3 is 1.54 bits per heavy atom. The highest BCUT2D eigenvalue weighted by atomic mass is 16.5. The summed E-state index contributed by atoms with van der Waals surface area (Å²) in [6.07, 6.45) is 2.15. The lowest BCUT2D eigenvalue weighted by atomic mass is 10.00. The maximum atomic E-state index is 5.60. The van der Waals surface area contributed by atoms with Gasteiger partial charge in [-0.2, -0.15) is 0 Å². The molecule has 2 aliphatic rings. The number of hydrogen-bond donors (Lipinski definition) is 1. The van der Waals surface area contributed by atoms with Crippen LogP contribution in [0.5, 0.6) is 0 Å². The number of rotatable bonds is 4. The van der Waals surface area contributed by atoms with Crippen LogP contribution in [0.1, 0.15) is 11.1 Å². The normalized spacial score (nSPS) is 25.6. The molecule has 0 bridgehead atoms. The minimum atomic E-state index is 0. The molecule has 1 aromatic carbocycles. The Bertz CT molecular complexity index is 426. The van der Waals surface area contributed by atoms with Crippen molar-refractivity contribution in [2.24, 2.45) is 0 Å². The van der Waals surface area contributed by atoms with Crippen molar-refractivity contribution < 1.29 is 14.9 Å². The summed E-state index contributed by atoms with van der Waals surface area (Å²) in [6, 6.07) is 10.1. The van der Waals surface area contributed by atoms with Gasteiger partial charge in [-0.25, -0.2) is 0 Å². The first-order chi connectivity index (χ1) is 10.7. The van der Waals surface area contributed by atoms with Gasteiger partial charge in [0.1, 0.15) is 0 Å². The molecule has 0 aliphatic carbocycles. The van der Waals surface area contributed by atoms with Crippen molar-refractivity contribution in [2.45, 2.75) is 24.9 Å². The fourth-order valence-electron chi connectivity index (χ4n) is 3.26. The summed E-state index contributed by atoms with van der Waals surface area (Å²) in [7, 11) is 4.39. The summed E-state index contributed by atoms with van der Waals surface area (Å²) in [4.78, 5) is 4.82. The van der Waals surface area contributed by atoms with E-state index in [1.165, 1.54) is 11.1 Å². The first-order valence-electron chi connectivity index (χ1n) is 8.36. The van der Waals surface area contributed by atoms with E-state index in [0.29, 0.717) is 12.1 Å². The van der Waals surface area contributed by atoms with E-state index in [2.05, 4.69) is 48.2 Å². The molecule has 0 saturated carbocycles. The molecule has 24 heavy (non-hydrogen) atoms. The first-order valence-corrected chi connectivity index (χ1v) is 8.36. The average Bonchev–Trinajstić information content (AvgIpc) is 2.54. The van der Waals surface area contributed by atoms with Crippen molar-refractivity contribution in [3.63, 3.8) is 0 Å². The minimum absolute atomic E-state index is 0. The van der Waals surface area contributed by atoms with Gasteiger partial charge in [-0.3, -0.25) is 9.80 Å². The molecule has 0 radical (unpaired) electrons. The maximum absolute atomic E-state index is 5.60. The van der Waals surface area contributed by atoms with Gasteiger partial charge in [0.2, 0.25) is 0 Å². The molecule has 138 valence electrons. The molecule has 0 spiro atoms. The van der Waals surface area contributed by atoms with Gasteiger partial charge in [0.25, 0.3) is 0 Å². The lowest BCUT2D eigenvalue weighted by Crippen LogP contribution is -2.44. The highest BCUT2D eigenvalue weighted by molar-refractivity contribution is 5.24. The van der Waals surface area contributed by atoms with E-state index >= 15 is 0 Å². The highest BCUT2D eigenvalue weighted by Crippen LogP contribution is 2.15. The van der Waals surface area contributed by atoms with Crippen LogP contribution in [-0.4, -0.2) is 81.0 Å². The van der Waals surface area contributed by atoms with Gasteiger partial charge in [0.15, 0.2) is 0 Å². The lowest BCUT2D eigenvalue weighted by Gasteiger charge is -2.33. The molecule has 5 N–H and O–H groups in total. The highest BCUT2D eigenvalue weighted by Gasteiger charge is 2.21. The van der Waals surface area contributed by atoms with E-state index in [-0.39, 0.29) is 11.6 Å². The number of likely N-dealkylation sites (N-methyl/N-ethyl adjacent to an activating group) is 2. The Morgan fingerprint density at radius 2 is 1.21 bits per heavy atom. The van der Waals surface area contributed by atoms with Crippen LogP contribution in [0, 0.1) is 0 Å². The molecule has 6 nitrogen and oxygen atoms in total. The SMILES string of the molecule is CN1CCOCC1Cc1ccc(CC2COCCN2C)cc1.N.O. The molecular formula is C18H33N3O3. The standard InChI is InChI=1S/C18H28N2O2.H3N.H2O/c1-19-7-9-21-13-17(19)11-15-3-5-16(6-4-15)12-18-14-22-10-8-20(18)2;;/h3-6,17-18H,7-14H2,1-2H3;1H3;1H2. The molecule has 0 amide bonds. The Hall–Kier alpha value is -1.02. The molecular weight excluding hydrogens is 306 g/mol. The van der Waals surface area contributed by atoms with Gasteiger partial charge in [-0.05, 0) is 38.1 Å². The summed E-state index contributed by atoms with van der Waals surface area (Å²) in [5.41, 5.74) is 2.80. The van der Waals surface area contributed by atoms with E-state index in [4.69, 9.17) is 9.47 Å². The molecule has 0 aromatic heterocycles. The predicted molar refractivity (Wildman–Crippen MR) is 97.0 cm³/mol. The van der Waals surface area contributed by atoms with Gasteiger partial charge in [0, 0.05) is 25.2 Å². The van der Waals surface area contributed by atoms with Crippen LogP contribution in [0.4, 0.5) is 0 Å². The predicted octanol–water partition coefficient (Wildman–Crippen LogP) is 0.770. The molecule has 2 fully saturated rings. The summed E-state index contributed by atoms with van der Waals surface area (Å²) < 4.78 is 11.2. The van der Waals surface area contributed by atoms with Crippen molar-refractivity contribution in [3.8, 4) is 0 Å². The topological polar surface area (TPSA) is 91.4 Å². The maximum Gasteiger partial charge on any atom is 0.0625 e. The van der Waals surface area contributed by atoms with Gasteiger partial charge in [0.05, 0.1) is 26.4 Å². The van der Waals surface area contributed by atoms with Crippen LogP contribution in [0.25, 0.3) is 0 Å². The second-order valence-corrected chi connectivity index (χ2v) is 6.64. The first kappa shape index (κ1) is 21.0. The van der Waals surface area contributed by atoms with Gasteiger partial charge >= 0.3 is 0 Å². The quantitative estimate of drug-likeness (QED) is 0.875. The average molecular weight is 339 g/mol. The molecule has 2 saturated heterocycles. The number of ether oxygens (including phenoxy) is 2. The van der Waals surface area contributed by atoms with Crippen molar-refractivity contribution in [3.05, 3.63) is 35.4 Å². The molecule has 3 rings (SSSR count). The summed E-state index contributed by atoms with van der Waals surface area (Å²) in [5.74, 6) is 0. The van der Waals surface area contributed by atoms with Crippen molar-refractivity contribution in [1.29, 1.82) is 0 Å². The minimum Gasteiger partial charge on any atom is -0.412 e. The van der Waals surface area contributed by atoms with E-state index in [1.54, 1.807) is 0 Å². The largest absolute Gasteiger partial charge is 0.412 e. The Labute approximate surface area is 145 Å². The summed E-state index contributed by atoms with van der Waals surface area (Å²) >= 11 is 0. The molecule has 1 aromatic rings. The van der Waals surface area contributed by atoms with E-state index in [1.807, 2.05) is 0 Å². The molecule has 2 heterocycles. The van der Waals surface area contributed by atoms with Crippen molar-refractivity contribution in [1.82, 2.24) is 16.0 Å². The zero-order valence-corrected chi connectivity index (χ0v) is 15.0. The third-order valence-corrected chi connectivity index (χ3v) is 5.01. The van der Waals surface area contributed by atoms with Crippen LogP contribution >= 0.6 is 0 Å². The summed E-state index contributed by atoms with van der Waals surface area (Å²) in [5, 5.41) is 0. The van der Waals surface area contributed by atoms with Crippen LogP contribution < -0.4 is 6.15 Å². The number of nitrogens with zero attached hydrogens (tertiary/aromatic N) is 2. The third kappa shape index (κ3) is 5.51. The molecule has 2 aliphatic heterocycles. The van der Waals surface area contributed by atoms with Crippen molar-refractivity contribution in [2.75, 3.05) is 53.6 Å². The van der Waals surface area contributed by atoms with Crippen molar-refractivity contribution >= 4 is 0 Å². The zero-order valence-electron chi connectivity index (χ0n) is 15.0. The van der Waals surface area contributed by atoms with Gasteiger partial charge in [-0.1, -0.05) is 24.3 Å². The summed E-state index contributed by atoms with van der Waals surface area (Å²) in [6.45, 7) is 5.50. The van der Waals surface area contributed by atoms with Crippen LogP contribution in [0.3, 0.4) is 0 Å². The van der Waals surface area contributed by atoms with Gasteiger partial charge < -0.3 is 21.1 Å². The smallest absolute Gasteiger partial charge is 0.0625 e.